The maximum atomic E-state index is 13.0. The topological polar surface area (TPSA) is 170 Å². The van der Waals surface area contributed by atoms with E-state index in [0.717, 1.165) is 0 Å². The Balaban J connectivity index is 1.76. The molecule has 37 heavy (non-hydrogen) atoms. The average Bonchev–Trinajstić information content (AvgIpc) is 2.89. The van der Waals surface area contributed by atoms with Crippen molar-refractivity contribution in [2.75, 3.05) is 66.4 Å². The summed E-state index contributed by atoms with van der Waals surface area (Å²) in [5.41, 5.74) is -0.0415. The van der Waals surface area contributed by atoms with Gasteiger partial charge in [-0.25, -0.2) is 0 Å². The number of ether oxygens (including phenoxy) is 4. The molecule has 1 aliphatic heterocycles. The third-order valence-corrected chi connectivity index (χ3v) is 5.32. The number of aldehydes is 1. The first-order valence-electron chi connectivity index (χ1n) is 11.8. The lowest BCUT2D eigenvalue weighted by Crippen LogP contribution is -2.53. The van der Waals surface area contributed by atoms with Gasteiger partial charge in [0, 0.05) is 20.0 Å². The number of carbonyl (C=O) groups excluding carboxylic acids is 5. The van der Waals surface area contributed by atoms with Gasteiger partial charge in [0.25, 0.3) is 11.8 Å². The molecule has 1 aromatic carbocycles. The van der Waals surface area contributed by atoms with Gasteiger partial charge in [0.2, 0.25) is 11.8 Å². The van der Waals surface area contributed by atoms with Crippen LogP contribution in [-0.2, 0) is 28.6 Å². The second-order valence-corrected chi connectivity index (χ2v) is 7.92. The van der Waals surface area contributed by atoms with Crippen LogP contribution in [0, 0.1) is 0 Å². The van der Waals surface area contributed by atoms with Crippen LogP contribution in [0.2, 0.25) is 0 Å². The van der Waals surface area contributed by atoms with Gasteiger partial charge in [-0.1, -0.05) is 6.07 Å². The quantitative estimate of drug-likeness (QED) is 0.130. The highest BCUT2D eigenvalue weighted by Crippen LogP contribution is 2.23. The average molecular weight is 524 g/mol. The van der Waals surface area contributed by atoms with Crippen molar-refractivity contribution in [2.24, 2.45) is 0 Å². The summed E-state index contributed by atoms with van der Waals surface area (Å²) in [6.45, 7) is 1.81. The number of hydrogen-bond acceptors (Lipinski definition) is 10. The molecule has 1 aliphatic rings. The Bertz CT molecular complexity index is 939. The van der Waals surface area contributed by atoms with Gasteiger partial charge in [0.05, 0.1) is 57.4 Å². The monoisotopic (exact) mass is 523 g/mol. The zero-order valence-corrected chi connectivity index (χ0v) is 20.7. The summed E-state index contributed by atoms with van der Waals surface area (Å²) in [6, 6.07) is 3.53. The summed E-state index contributed by atoms with van der Waals surface area (Å²) in [4.78, 5) is 61.5. The molecule has 0 bridgehead atoms. The van der Waals surface area contributed by atoms with Gasteiger partial charge in [-0.15, -0.1) is 0 Å². The number of carbonyl (C=O) groups is 5. The first-order chi connectivity index (χ1) is 17.9. The summed E-state index contributed by atoms with van der Waals surface area (Å²) >= 11 is 0. The molecule has 3 N–H and O–H groups in total. The van der Waals surface area contributed by atoms with E-state index in [-0.39, 0.29) is 56.1 Å². The Hall–Kier alpha value is -3.39. The van der Waals surface area contributed by atoms with E-state index in [1.54, 1.807) is 0 Å². The van der Waals surface area contributed by atoms with Crippen LogP contribution >= 0.6 is 0 Å². The second-order valence-electron chi connectivity index (χ2n) is 7.92. The predicted molar refractivity (Wildman–Crippen MR) is 128 cm³/mol. The minimum atomic E-state index is -0.847. The van der Waals surface area contributed by atoms with E-state index in [9.17, 15) is 24.0 Å². The Morgan fingerprint density at radius 2 is 1.78 bits per heavy atom. The number of benzene rings is 1. The van der Waals surface area contributed by atoms with Crippen molar-refractivity contribution in [1.29, 1.82) is 0 Å². The zero-order chi connectivity index (χ0) is 27.0. The highest BCUT2D eigenvalue weighted by molar-refractivity contribution is 6.06. The number of imide groups is 1. The standard InChI is InChI=1S/C24H33N3O10/c1-27(19-5-6-21(30)26-23(19)32)24(33)17-3-2-4-20(18(17)15-29)37-16-22(31)25-7-9-34-11-13-36-14-12-35-10-8-28/h2-4,15,19,28H,5-14,16H2,1H3,(H,25,31)(H,26,30,32). The van der Waals surface area contributed by atoms with Gasteiger partial charge in [-0.2, -0.15) is 0 Å². The van der Waals surface area contributed by atoms with Crippen LogP contribution < -0.4 is 15.4 Å². The lowest BCUT2D eigenvalue weighted by molar-refractivity contribution is -0.136. The molecule has 1 atom stereocenters. The maximum absolute atomic E-state index is 13.0. The number of hydrogen-bond donors (Lipinski definition) is 3. The maximum Gasteiger partial charge on any atom is 0.258 e. The molecule has 1 unspecified atom stereocenters. The van der Waals surface area contributed by atoms with Crippen LogP contribution in [0.25, 0.3) is 0 Å². The Morgan fingerprint density at radius 3 is 2.43 bits per heavy atom. The van der Waals surface area contributed by atoms with Crippen molar-refractivity contribution in [2.45, 2.75) is 18.9 Å². The molecule has 204 valence electrons. The summed E-state index contributed by atoms with van der Waals surface area (Å²) < 4.78 is 21.1. The number of nitrogens with zero attached hydrogens (tertiary/aromatic N) is 1. The van der Waals surface area contributed by atoms with Crippen LogP contribution in [0.4, 0.5) is 0 Å². The number of amides is 4. The Morgan fingerprint density at radius 1 is 1.11 bits per heavy atom. The molecular weight excluding hydrogens is 490 g/mol. The van der Waals surface area contributed by atoms with Gasteiger partial charge in [-0.3, -0.25) is 29.3 Å². The molecule has 4 amide bonds. The molecular formula is C24H33N3O10. The van der Waals surface area contributed by atoms with Gasteiger partial charge < -0.3 is 34.3 Å². The molecule has 0 spiro atoms. The molecule has 1 aromatic rings. The van der Waals surface area contributed by atoms with Crippen molar-refractivity contribution in [3.05, 3.63) is 29.3 Å². The largest absolute Gasteiger partial charge is 0.483 e. The van der Waals surface area contributed by atoms with Crippen molar-refractivity contribution in [1.82, 2.24) is 15.5 Å². The van der Waals surface area contributed by atoms with Gasteiger partial charge in [0.15, 0.2) is 12.9 Å². The fourth-order valence-corrected chi connectivity index (χ4v) is 3.42. The number of nitrogens with one attached hydrogen (secondary N) is 2. The van der Waals surface area contributed by atoms with E-state index < -0.39 is 36.3 Å². The van der Waals surface area contributed by atoms with Crippen molar-refractivity contribution in [3.8, 4) is 5.75 Å². The minimum absolute atomic E-state index is 0.00989. The molecule has 0 saturated carbocycles. The second kappa shape index (κ2) is 16.4. The molecule has 0 aromatic heterocycles. The first kappa shape index (κ1) is 29.8. The van der Waals surface area contributed by atoms with E-state index >= 15 is 0 Å². The molecule has 2 rings (SSSR count). The number of likely N-dealkylation sites (N-methyl/N-ethyl adjacent to an activating group) is 1. The van der Waals surface area contributed by atoms with Crippen LogP contribution in [0.5, 0.6) is 5.75 Å². The molecule has 0 aliphatic carbocycles. The summed E-state index contributed by atoms with van der Waals surface area (Å²) in [6.07, 6.45) is 0.734. The summed E-state index contributed by atoms with van der Waals surface area (Å²) in [7, 11) is 1.42. The fourth-order valence-electron chi connectivity index (χ4n) is 3.42. The van der Waals surface area contributed by atoms with E-state index in [2.05, 4.69) is 10.6 Å². The Labute approximate surface area is 214 Å². The molecule has 1 heterocycles. The van der Waals surface area contributed by atoms with E-state index in [1.807, 2.05) is 0 Å². The summed E-state index contributed by atoms with van der Waals surface area (Å²) in [5, 5.41) is 13.4. The highest BCUT2D eigenvalue weighted by Gasteiger charge is 2.33. The SMILES string of the molecule is CN(C(=O)c1cccc(OCC(=O)NCCOCCOCCOCCO)c1C=O)C1CCC(=O)NC1=O. The van der Waals surface area contributed by atoms with Crippen molar-refractivity contribution >= 4 is 29.9 Å². The van der Waals surface area contributed by atoms with Gasteiger partial charge >= 0.3 is 0 Å². The number of aliphatic hydroxyl groups is 1. The minimum Gasteiger partial charge on any atom is -0.483 e. The molecule has 1 saturated heterocycles. The van der Waals surface area contributed by atoms with E-state index in [1.165, 1.54) is 30.1 Å². The number of rotatable bonds is 17. The van der Waals surface area contributed by atoms with E-state index in [0.29, 0.717) is 32.7 Å². The molecule has 13 heteroatoms. The predicted octanol–water partition coefficient (Wildman–Crippen LogP) is -1.09. The van der Waals surface area contributed by atoms with Crippen LogP contribution in [0.15, 0.2) is 18.2 Å². The van der Waals surface area contributed by atoms with Crippen molar-refractivity contribution < 1.29 is 48.0 Å². The molecule has 13 nitrogen and oxygen atoms in total. The van der Waals surface area contributed by atoms with Gasteiger partial charge in [0.1, 0.15) is 11.8 Å². The smallest absolute Gasteiger partial charge is 0.258 e. The lowest BCUT2D eigenvalue weighted by Gasteiger charge is -2.30. The highest BCUT2D eigenvalue weighted by atomic mass is 16.5. The lowest BCUT2D eigenvalue weighted by atomic mass is 10.0. The van der Waals surface area contributed by atoms with Crippen molar-refractivity contribution in [3.63, 3.8) is 0 Å². The number of aliphatic hydroxyl groups excluding tert-OH is 1. The zero-order valence-electron chi connectivity index (χ0n) is 20.7. The fraction of sp³-hybridized carbons (Fsp3) is 0.542. The van der Waals surface area contributed by atoms with Gasteiger partial charge in [-0.05, 0) is 18.6 Å². The summed E-state index contributed by atoms with van der Waals surface area (Å²) in [5.74, 6) is -1.98. The third-order valence-electron chi connectivity index (χ3n) is 5.32. The van der Waals surface area contributed by atoms with Crippen LogP contribution in [-0.4, -0.2) is 112 Å². The normalized spacial score (nSPS) is 15.1. The third kappa shape index (κ3) is 9.88. The van der Waals surface area contributed by atoms with Crippen LogP contribution in [0.3, 0.4) is 0 Å². The number of piperidine rings is 1. The molecule has 0 radical (unpaired) electrons. The van der Waals surface area contributed by atoms with Crippen LogP contribution in [0.1, 0.15) is 33.6 Å². The van der Waals surface area contributed by atoms with E-state index in [4.69, 9.17) is 24.1 Å². The first-order valence-corrected chi connectivity index (χ1v) is 11.8. The Kier molecular flexibility index (Phi) is 13.2. The molecule has 1 fully saturated rings.